The highest BCUT2D eigenvalue weighted by molar-refractivity contribution is 6.39. The highest BCUT2D eigenvalue weighted by atomic mass is 16.2. The van der Waals surface area contributed by atoms with E-state index in [2.05, 4.69) is 9.88 Å². The van der Waals surface area contributed by atoms with E-state index in [4.69, 9.17) is 0 Å². The van der Waals surface area contributed by atoms with E-state index >= 15 is 0 Å². The predicted octanol–water partition coefficient (Wildman–Crippen LogP) is 3.41. The van der Waals surface area contributed by atoms with Crippen molar-refractivity contribution in [1.29, 1.82) is 0 Å². The molecule has 27 heavy (non-hydrogen) atoms. The van der Waals surface area contributed by atoms with Crippen LogP contribution in [0.25, 0.3) is 6.08 Å². The average Bonchev–Trinajstić information content (AvgIpc) is 3.38. The standard InChI is InChI=1S/C21H21N3O3/c1-12-5-4-6-17(9-12)24-20(26)18(19(25)22-21(24)27)11-15-10-13(2)23(14(15)3)16-7-8-16/h4-6,9-11,16H,7-8H2,1-3H3,(H,22,25,27)/b18-11+. The number of imide groups is 2. The lowest BCUT2D eigenvalue weighted by Gasteiger charge is -2.26. The fraction of sp³-hybridized carbons (Fsp3) is 0.286. The van der Waals surface area contributed by atoms with Gasteiger partial charge in [0.25, 0.3) is 11.8 Å². The molecule has 1 N–H and O–H groups in total. The zero-order valence-electron chi connectivity index (χ0n) is 15.6. The lowest BCUT2D eigenvalue weighted by Crippen LogP contribution is -2.54. The van der Waals surface area contributed by atoms with Crippen LogP contribution >= 0.6 is 0 Å². The van der Waals surface area contributed by atoms with Gasteiger partial charge in [-0.2, -0.15) is 0 Å². The zero-order valence-corrected chi connectivity index (χ0v) is 15.6. The first kappa shape index (κ1) is 17.3. The molecule has 1 aliphatic heterocycles. The van der Waals surface area contributed by atoms with Gasteiger partial charge < -0.3 is 4.57 Å². The molecule has 1 aromatic carbocycles. The van der Waals surface area contributed by atoms with E-state index in [1.165, 1.54) is 0 Å². The largest absolute Gasteiger partial charge is 0.346 e. The highest BCUT2D eigenvalue weighted by Gasteiger charge is 2.37. The molecule has 2 fully saturated rings. The summed E-state index contributed by atoms with van der Waals surface area (Å²) >= 11 is 0. The predicted molar refractivity (Wildman–Crippen MR) is 102 cm³/mol. The normalized spacial score (nSPS) is 19.0. The van der Waals surface area contributed by atoms with Crippen molar-refractivity contribution in [1.82, 2.24) is 9.88 Å². The monoisotopic (exact) mass is 363 g/mol. The molecular weight excluding hydrogens is 342 g/mol. The molecule has 1 saturated carbocycles. The van der Waals surface area contributed by atoms with Crippen molar-refractivity contribution in [3.8, 4) is 0 Å². The molecule has 4 rings (SSSR count). The Morgan fingerprint density at radius 3 is 2.48 bits per heavy atom. The Hall–Kier alpha value is -3.15. The van der Waals surface area contributed by atoms with Gasteiger partial charge in [0.05, 0.1) is 5.69 Å². The number of aryl methyl sites for hydroxylation is 2. The number of aromatic nitrogens is 1. The second-order valence-electron chi connectivity index (χ2n) is 7.22. The minimum atomic E-state index is -0.726. The van der Waals surface area contributed by atoms with Gasteiger partial charge in [0, 0.05) is 17.4 Å². The van der Waals surface area contributed by atoms with E-state index in [9.17, 15) is 14.4 Å². The van der Waals surface area contributed by atoms with Crippen molar-refractivity contribution in [2.75, 3.05) is 4.90 Å². The van der Waals surface area contributed by atoms with Crippen LogP contribution in [0.5, 0.6) is 0 Å². The molecule has 0 unspecified atom stereocenters. The quantitative estimate of drug-likeness (QED) is 0.671. The molecule has 0 bridgehead atoms. The van der Waals surface area contributed by atoms with Crippen LogP contribution in [0.1, 0.15) is 41.4 Å². The number of barbiturate groups is 1. The smallest absolute Gasteiger partial charge is 0.335 e. The van der Waals surface area contributed by atoms with Crippen LogP contribution in [0.2, 0.25) is 0 Å². The minimum Gasteiger partial charge on any atom is -0.346 e. The summed E-state index contributed by atoms with van der Waals surface area (Å²) in [6.07, 6.45) is 3.90. The third kappa shape index (κ3) is 2.97. The zero-order chi connectivity index (χ0) is 19.3. The lowest BCUT2D eigenvalue weighted by atomic mass is 10.1. The third-order valence-corrected chi connectivity index (χ3v) is 5.10. The number of nitrogens with zero attached hydrogens (tertiary/aromatic N) is 2. The Labute approximate surface area is 157 Å². The van der Waals surface area contributed by atoms with Gasteiger partial charge in [0.1, 0.15) is 5.57 Å². The number of rotatable bonds is 3. The molecule has 1 saturated heterocycles. The number of amides is 4. The Bertz CT molecular complexity index is 1010. The van der Waals surface area contributed by atoms with Crippen LogP contribution in [-0.2, 0) is 9.59 Å². The number of anilines is 1. The number of hydrogen-bond donors (Lipinski definition) is 1. The highest BCUT2D eigenvalue weighted by Crippen LogP contribution is 2.38. The summed E-state index contributed by atoms with van der Waals surface area (Å²) in [5.41, 5.74) is 4.30. The molecule has 0 spiro atoms. The first-order chi connectivity index (χ1) is 12.9. The van der Waals surface area contributed by atoms with E-state index in [0.29, 0.717) is 11.7 Å². The van der Waals surface area contributed by atoms with E-state index < -0.39 is 17.8 Å². The van der Waals surface area contributed by atoms with Crippen molar-refractivity contribution < 1.29 is 14.4 Å². The first-order valence-corrected chi connectivity index (χ1v) is 9.03. The van der Waals surface area contributed by atoms with Gasteiger partial charge in [0.15, 0.2) is 0 Å². The van der Waals surface area contributed by atoms with Crippen LogP contribution in [0, 0.1) is 20.8 Å². The molecule has 138 valence electrons. The molecule has 1 aliphatic carbocycles. The summed E-state index contributed by atoms with van der Waals surface area (Å²) in [6.45, 7) is 5.90. The summed E-state index contributed by atoms with van der Waals surface area (Å²) in [5, 5.41) is 2.28. The third-order valence-electron chi connectivity index (χ3n) is 5.10. The van der Waals surface area contributed by atoms with Crippen molar-refractivity contribution >= 4 is 29.6 Å². The van der Waals surface area contributed by atoms with Gasteiger partial charge >= 0.3 is 6.03 Å². The number of carbonyl (C=O) groups excluding carboxylic acids is 3. The first-order valence-electron chi connectivity index (χ1n) is 9.03. The van der Waals surface area contributed by atoms with Crippen LogP contribution in [-0.4, -0.2) is 22.4 Å². The number of carbonyl (C=O) groups is 3. The fourth-order valence-electron chi connectivity index (χ4n) is 3.66. The van der Waals surface area contributed by atoms with Crippen molar-refractivity contribution in [3.05, 3.63) is 58.4 Å². The van der Waals surface area contributed by atoms with Crippen LogP contribution < -0.4 is 10.2 Å². The molecule has 0 atom stereocenters. The Morgan fingerprint density at radius 2 is 1.81 bits per heavy atom. The molecule has 2 heterocycles. The number of nitrogens with one attached hydrogen (secondary N) is 1. The van der Waals surface area contributed by atoms with Gasteiger partial charge in [-0.1, -0.05) is 12.1 Å². The van der Waals surface area contributed by atoms with Gasteiger partial charge in [-0.25, -0.2) is 9.69 Å². The van der Waals surface area contributed by atoms with Crippen LogP contribution in [0.3, 0.4) is 0 Å². The molecule has 6 nitrogen and oxygen atoms in total. The molecular formula is C21H21N3O3. The van der Waals surface area contributed by atoms with Crippen molar-refractivity contribution in [3.63, 3.8) is 0 Å². The summed E-state index contributed by atoms with van der Waals surface area (Å²) in [6, 6.07) is 8.84. The number of urea groups is 1. The van der Waals surface area contributed by atoms with Crippen LogP contribution in [0.15, 0.2) is 35.9 Å². The Kier molecular flexibility index (Phi) is 3.98. The second-order valence-corrected chi connectivity index (χ2v) is 7.22. The second kappa shape index (κ2) is 6.23. The molecule has 2 aliphatic rings. The van der Waals surface area contributed by atoms with E-state index in [0.717, 1.165) is 40.3 Å². The minimum absolute atomic E-state index is 0.0350. The average molecular weight is 363 g/mol. The maximum Gasteiger partial charge on any atom is 0.335 e. The van der Waals surface area contributed by atoms with Gasteiger partial charge in [0.2, 0.25) is 0 Å². The van der Waals surface area contributed by atoms with E-state index in [-0.39, 0.29) is 5.57 Å². The topological polar surface area (TPSA) is 71.4 Å². The Morgan fingerprint density at radius 1 is 1.07 bits per heavy atom. The Balaban J connectivity index is 1.75. The summed E-state index contributed by atoms with van der Waals surface area (Å²) in [7, 11) is 0. The van der Waals surface area contributed by atoms with Crippen molar-refractivity contribution in [2.24, 2.45) is 0 Å². The summed E-state index contributed by atoms with van der Waals surface area (Å²) in [5.74, 6) is -1.27. The SMILES string of the molecule is Cc1cccc(N2C(=O)NC(=O)/C(=C\c3cc(C)n(C4CC4)c3C)C2=O)c1. The summed E-state index contributed by atoms with van der Waals surface area (Å²) in [4.78, 5) is 38.6. The van der Waals surface area contributed by atoms with E-state index in [1.54, 1.807) is 24.3 Å². The fourth-order valence-corrected chi connectivity index (χ4v) is 3.66. The van der Waals surface area contributed by atoms with E-state index in [1.807, 2.05) is 32.9 Å². The molecule has 6 heteroatoms. The van der Waals surface area contributed by atoms with Crippen molar-refractivity contribution in [2.45, 2.75) is 39.7 Å². The number of benzene rings is 1. The lowest BCUT2D eigenvalue weighted by molar-refractivity contribution is -0.122. The van der Waals surface area contributed by atoms with Gasteiger partial charge in [-0.3, -0.25) is 14.9 Å². The van der Waals surface area contributed by atoms with Gasteiger partial charge in [-0.05, 0) is 69.0 Å². The molecule has 2 aromatic rings. The maximum absolute atomic E-state index is 13.0. The van der Waals surface area contributed by atoms with Crippen LogP contribution in [0.4, 0.5) is 10.5 Å². The molecule has 1 aromatic heterocycles. The number of hydrogen-bond acceptors (Lipinski definition) is 3. The molecule has 0 radical (unpaired) electrons. The maximum atomic E-state index is 13.0. The molecule has 4 amide bonds. The van der Waals surface area contributed by atoms with Gasteiger partial charge in [-0.15, -0.1) is 0 Å². The summed E-state index contributed by atoms with van der Waals surface area (Å²) < 4.78 is 2.25.